The largest absolute Gasteiger partial charge is 0.346 e. The monoisotopic (exact) mass is 368 g/mol. The van der Waals surface area contributed by atoms with E-state index in [9.17, 15) is 9.59 Å². The van der Waals surface area contributed by atoms with Gasteiger partial charge in [-0.05, 0) is 68.7 Å². The summed E-state index contributed by atoms with van der Waals surface area (Å²) in [4.78, 5) is 25.7. The van der Waals surface area contributed by atoms with Gasteiger partial charge in [-0.2, -0.15) is 0 Å². The van der Waals surface area contributed by atoms with Gasteiger partial charge in [-0.3, -0.25) is 9.59 Å². The fourth-order valence-corrected chi connectivity index (χ4v) is 3.46. The molecule has 134 valence electrons. The summed E-state index contributed by atoms with van der Waals surface area (Å²) in [5, 5.41) is 3.95. The lowest BCUT2D eigenvalue weighted by atomic mass is 10.1. The lowest BCUT2D eigenvalue weighted by molar-refractivity contribution is 0.102. The van der Waals surface area contributed by atoms with Crippen molar-refractivity contribution in [1.29, 1.82) is 0 Å². The van der Waals surface area contributed by atoms with Crippen LogP contribution in [0.4, 0.5) is 5.69 Å². The van der Waals surface area contributed by atoms with E-state index in [0.717, 1.165) is 22.2 Å². The number of hydrogen-bond acceptors (Lipinski definition) is 2. The second-order valence-electron chi connectivity index (χ2n) is 6.56. The summed E-state index contributed by atoms with van der Waals surface area (Å²) in [6.07, 6.45) is 1.62. The van der Waals surface area contributed by atoms with Gasteiger partial charge in [-0.1, -0.05) is 17.7 Å². The van der Waals surface area contributed by atoms with Gasteiger partial charge in [0.1, 0.15) is 5.56 Å². The summed E-state index contributed by atoms with van der Waals surface area (Å²) in [7, 11) is 0. The number of nitrogens with zero attached hydrogens (tertiary/aromatic N) is 1. The zero-order valence-corrected chi connectivity index (χ0v) is 16.1. The maximum absolute atomic E-state index is 12.9. The Balaban J connectivity index is 2.13. The van der Waals surface area contributed by atoms with Crippen LogP contribution < -0.4 is 10.7 Å². The van der Waals surface area contributed by atoms with Crippen LogP contribution in [0.1, 0.15) is 34.0 Å². The van der Waals surface area contributed by atoms with E-state index in [-0.39, 0.29) is 11.0 Å². The number of aryl methyl sites for hydroxylation is 4. The molecule has 0 unspecified atom stereocenters. The van der Waals surface area contributed by atoms with Crippen molar-refractivity contribution in [2.24, 2.45) is 0 Å². The number of pyridine rings is 1. The van der Waals surface area contributed by atoms with Crippen LogP contribution in [0.25, 0.3) is 10.9 Å². The van der Waals surface area contributed by atoms with Crippen molar-refractivity contribution in [3.05, 3.63) is 74.0 Å². The highest BCUT2D eigenvalue weighted by Crippen LogP contribution is 2.24. The molecule has 0 aliphatic carbocycles. The molecule has 1 aromatic heterocycles. The fraction of sp³-hybridized carbons (Fsp3) is 0.238. The van der Waals surface area contributed by atoms with Gasteiger partial charge in [0, 0.05) is 28.8 Å². The molecule has 0 saturated carbocycles. The smallest absolute Gasteiger partial charge is 0.261 e. The zero-order chi connectivity index (χ0) is 19.0. The topological polar surface area (TPSA) is 51.1 Å². The van der Waals surface area contributed by atoms with Crippen LogP contribution in [0.2, 0.25) is 5.02 Å². The Morgan fingerprint density at radius 1 is 1.12 bits per heavy atom. The summed E-state index contributed by atoms with van der Waals surface area (Å²) >= 11 is 6.21. The second-order valence-corrected chi connectivity index (χ2v) is 6.96. The molecule has 0 atom stereocenters. The second kappa shape index (κ2) is 6.96. The molecule has 0 spiro atoms. The van der Waals surface area contributed by atoms with Gasteiger partial charge in [0.25, 0.3) is 5.91 Å². The van der Waals surface area contributed by atoms with Crippen molar-refractivity contribution in [1.82, 2.24) is 4.57 Å². The average molecular weight is 369 g/mol. The third-order valence-corrected chi connectivity index (χ3v) is 4.90. The van der Waals surface area contributed by atoms with Crippen LogP contribution >= 0.6 is 11.6 Å². The predicted molar refractivity (Wildman–Crippen MR) is 107 cm³/mol. The van der Waals surface area contributed by atoms with Crippen LogP contribution in [-0.4, -0.2) is 10.5 Å². The molecule has 0 radical (unpaired) electrons. The Labute approximate surface area is 157 Å². The summed E-state index contributed by atoms with van der Waals surface area (Å²) < 4.78 is 1.90. The van der Waals surface area contributed by atoms with Crippen molar-refractivity contribution in [3.63, 3.8) is 0 Å². The van der Waals surface area contributed by atoms with E-state index in [1.165, 1.54) is 0 Å². The Morgan fingerprint density at radius 3 is 2.38 bits per heavy atom. The molecule has 1 amide bonds. The highest BCUT2D eigenvalue weighted by atomic mass is 35.5. The molecule has 5 heteroatoms. The maximum atomic E-state index is 12.9. The summed E-state index contributed by atoms with van der Waals surface area (Å²) in [6.45, 7) is 8.41. The first-order valence-corrected chi connectivity index (χ1v) is 8.91. The number of carbonyl (C=O) groups excluding carboxylic acids is 1. The van der Waals surface area contributed by atoms with E-state index in [0.29, 0.717) is 22.6 Å². The molecular formula is C21H21ClN2O2. The number of amides is 1. The Hall–Kier alpha value is -2.59. The van der Waals surface area contributed by atoms with Crippen LogP contribution in [0.15, 0.2) is 41.3 Å². The number of benzene rings is 2. The lowest BCUT2D eigenvalue weighted by Gasteiger charge is -2.15. The minimum Gasteiger partial charge on any atom is -0.346 e. The van der Waals surface area contributed by atoms with Crippen LogP contribution in [0, 0.1) is 20.8 Å². The number of anilines is 1. The van der Waals surface area contributed by atoms with Crippen molar-refractivity contribution < 1.29 is 4.79 Å². The molecule has 0 aliphatic rings. The maximum Gasteiger partial charge on any atom is 0.261 e. The Morgan fingerprint density at radius 2 is 1.77 bits per heavy atom. The van der Waals surface area contributed by atoms with Crippen molar-refractivity contribution in [3.8, 4) is 0 Å². The van der Waals surface area contributed by atoms with E-state index < -0.39 is 5.91 Å². The highest BCUT2D eigenvalue weighted by Gasteiger charge is 2.17. The van der Waals surface area contributed by atoms with Gasteiger partial charge in [-0.25, -0.2) is 0 Å². The van der Waals surface area contributed by atoms with E-state index in [2.05, 4.69) is 5.32 Å². The number of aromatic nitrogens is 1. The number of fused-ring (bicyclic) bond motifs is 1. The number of nitrogens with one attached hydrogen (secondary N) is 1. The predicted octanol–water partition coefficient (Wildman–Crippen LogP) is 4.85. The van der Waals surface area contributed by atoms with Gasteiger partial charge in [0.15, 0.2) is 0 Å². The normalized spacial score (nSPS) is 11.0. The zero-order valence-electron chi connectivity index (χ0n) is 15.3. The molecule has 0 bridgehead atoms. The first kappa shape index (κ1) is 18.2. The van der Waals surface area contributed by atoms with Crippen molar-refractivity contribution >= 4 is 34.1 Å². The third-order valence-electron chi connectivity index (χ3n) is 4.49. The van der Waals surface area contributed by atoms with E-state index in [4.69, 9.17) is 11.6 Å². The Bertz CT molecular complexity index is 1060. The molecule has 2 aromatic carbocycles. The molecular weight excluding hydrogens is 348 g/mol. The molecule has 3 aromatic rings. The lowest BCUT2D eigenvalue weighted by Crippen LogP contribution is -2.24. The van der Waals surface area contributed by atoms with E-state index in [1.54, 1.807) is 18.3 Å². The average Bonchev–Trinajstić information content (AvgIpc) is 2.57. The van der Waals surface area contributed by atoms with Gasteiger partial charge >= 0.3 is 0 Å². The third kappa shape index (κ3) is 3.25. The number of rotatable bonds is 3. The quantitative estimate of drug-likeness (QED) is 0.718. The number of halogens is 1. The van der Waals surface area contributed by atoms with Crippen LogP contribution in [0.3, 0.4) is 0 Å². The van der Waals surface area contributed by atoms with Crippen molar-refractivity contribution in [2.45, 2.75) is 34.2 Å². The standard InChI is InChI=1S/C21H21ClN2O2/c1-5-24-11-17(20(25)16-6-7-18(22)14(4)19(16)24)21(26)23-15-9-12(2)8-13(3)10-15/h6-11H,5H2,1-4H3,(H,23,26). The molecule has 0 aliphatic heterocycles. The SMILES string of the molecule is CCn1cc(C(=O)Nc2cc(C)cc(C)c2)c(=O)c2ccc(Cl)c(C)c21. The fourth-order valence-electron chi connectivity index (χ4n) is 3.31. The first-order valence-electron chi connectivity index (χ1n) is 8.53. The summed E-state index contributed by atoms with van der Waals surface area (Å²) in [6, 6.07) is 9.18. The molecule has 4 nitrogen and oxygen atoms in total. The number of carbonyl (C=O) groups is 1. The minimum absolute atomic E-state index is 0.125. The van der Waals surface area contributed by atoms with Crippen molar-refractivity contribution in [2.75, 3.05) is 5.32 Å². The molecule has 1 heterocycles. The minimum atomic E-state index is -0.406. The molecule has 1 N–H and O–H groups in total. The molecule has 0 saturated heterocycles. The van der Waals surface area contributed by atoms with Gasteiger partial charge in [-0.15, -0.1) is 0 Å². The number of hydrogen-bond donors (Lipinski definition) is 1. The Kier molecular flexibility index (Phi) is 4.88. The van der Waals surface area contributed by atoms with Crippen LogP contribution in [-0.2, 0) is 6.54 Å². The van der Waals surface area contributed by atoms with Crippen LogP contribution in [0.5, 0.6) is 0 Å². The summed E-state index contributed by atoms with van der Waals surface area (Å²) in [5.41, 5.74) is 4.23. The van der Waals surface area contributed by atoms with Gasteiger partial charge in [0.2, 0.25) is 5.43 Å². The van der Waals surface area contributed by atoms with Gasteiger partial charge < -0.3 is 9.88 Å². The van der Waals surface area contributed by atoms with E-state index in [1.807, 2.05) is 50.5 Å². The molecule has 3 rings (SSSR count). The van der Waals surface area contributed by atoms with E-state index >= 15 is 0 Å². The highest BCUT2D eigenvalue weighted by molar-refractivity contribution is 6.32. The molecule has 26 heavy (non-hydrogen) atoms. The summed E-state index contributed by atoms with van der Waals surface area (Å²) in [5.74, 6) is -0.406. The first-order chi connectivity index (χ1) is 12.3. The molecule has 0 fully saturated rings. The van der Waals surface area contributed by atoms with Gasteiger partial charge in [0.05, 0.1) is 5.52 Å².